The molecule has 0 unspecified atom stereocenters. The van der Waals surface area contributed by atoms with Crippen LogP contribution in [0.1, 0.15) is 19.4 Å². The molecule has 4 N–H and O–H groups in total. The highest BCUT2D eigenvalue weighted by molar-refractivity contribution is 7.81. The maximum atomic E-state index is 12.8. The van der Waals surface area contributed by atoms with Gasteiger partial charge in [0.05, 0.1) is 6.04 Å². The minimum atomic E-state index is -1.18. The summed E-state index contributed by atoms with van der Waals surface area (Å²) in [7, 11) is 0. The predicted molar refractivity (Wildman–Crippen MR) is 80.7 cm³/mol. The van der Waals surface area contributed by atoms with Gasteiger partial charge in [0, 0.05) is 4.75 Å². The van der Waals surface area contributed by atoms with Crippen LogP contribution in [0.15, 0.2) is 24.3 Å². The summed E-state index contributed by atoms with van der Waals surface area (Å²) in [5, 5.41) is 11.5. The molecule has 0 aliphatic heterocycles. The first kappa shape index (κ1) is 17.5. The van der Waals surface area contributed by atoms with Crippen molar-refractivity contribution >= 4 is 24.5 Å². The van der Waals surface area contributed by atoms with Crippen LogP contribution in [0.25, 0.3) is 0 Å². The highest BCUT2D eigenvalue weighted by Gasteiger charge is 2.34. The van der Waals surface area contributed by atoms with Crippen LogP contribution in [-0.4, -0.2) is 33.8 Å². The Bertz CT molecular complexity index is 514. The van der Waals surface area contributed by atoms with Crippen molar-refractivity contribution in [3.63, 3.8) is 0 Å². The van der Waals surface area contributed by atoms with E-state index >= 15 is 0 Å². The largest absolute Gasteiger partial charge is 0.480 e. The number of carbonyl (C=O) groups excluding carboxylic acids is 1. The normalized spacial score (nSPS) is 14.3. The fourth-order valence-electron chi connectivity index (χ4n) is 1.76. The summed E-state index contributed by atoms with van der Waals surface area (Å²) < 4.78 is 11.9. The van der Waals surface area contributed by atoms with Crippen molar-refractivity contribution in [3.05, 3.63) is 35.6 Å². The molecule has 1 amide bonds. The highest BCUT2D eigenvalue weighted by Crippen LogP contribution is 2.18. The lowest BCUT2D eigenvalue weighted by Crippen LogP contribution is -2.55. The van der Waals surface area contributed by atoms with Crippen molar-refractivity contribution in [3.8, 4) is 0 Å². The van der Waals surface area contributed by atoms with Crippen molar-refractivity contribution in [1.82, 2.24) is 5.32 Å². The molecule has 7 heteroatoms. The molecule has 116 valence electrons. The molecule has 0 saturated carbocycles. The van der Waals surface area contributed by atoms with Crippen LogP contribution in [0, 0.1) is 5.82 Å². The first-order chi connectivity index (χ1) is 9.61. The average Bonchev–Trinajstić information content (AvgIpc) is 2.36. The molecule has 0 saturated heterocycles. The second-order valence-corrected chi connectivity index (χ2v) is 6.52. The molecular weight excluding hydrogens is 295 g/mol. The monoisotopic (exact) mass is 314 g/mol. The molecule has 0 fully saturated rings. The minimum absolute atomic E-state index is 0.186. The maximum Gasteiger partial charge on any atom is 0.327 e. The molecule has 1 aromatic carbocycles. The Kier molecular flexibility index (Phi) is 5.74. The Morgan fingerprint density at radius 2 is 1.90 bits per heavy atom. The second kappa shape index (κ2) is 6.91. The third-order valence-electron chi connectivity index (χ3n) is 2.95. The Hall–Kier alpha value is -1.60. The van der Waals surface area contributed by atoms with Crippen LogP contribution in [0.2, 0.25) is 0 Å². The van der Waals surface area contributed by atoms with Crippen molar-refractivity contribution < 1.29 is 19.1 Å². The molecule has 1 aromatic rings. The van der Waals surface area contributed by atoms with Gasteiger partial charge in [0.25, 0.3) is 0 Å². The summed E-state index contributed by atoms with van der Waals surface area (Å²) in [5.41, 5.74) is 6.45. The van der Waals surface area contributed by atoms with Crippen LogP contribution in [-0.2, 0) is 16.0 Å². The Morgan fingerprint density at radius 1 is 1.38 bits per heavy atom. The van der Waals surface area contributed by atoms with Gasteiger partial charge in [0.2, 0.25) is 5.91 Å². The van der Waals surface area contributed by atoms with Crippen LogP contribution in [0.5, 0.6) is 0 Å². The van der Waals surface area contributed by atoms with Crippen molar-refractivity contribution in [2.24, 2.45) is 5.73 Å². The molecule has 1 rings (SSSR count). The molecule has 0 radical (unpaired) electrons. The molecule has 0 heterocycles. The van der Waals surface area contributed by atoms with Gasteiger partial charge in [-0.25, -0.2) is 9.18 Å². The van der Waals surface area contributed by atoms with Crippen molar-refractivity contribution in [1.29, 1.82) is 0 Å². The van der Waals surface area contributed by atoms with E-state index in [0.717, 1.165) is 0 Å². The van der Waals surface area contributed by atoms with E-state index in [0.29, 0.717) is 5.56 Å². The third-order valence-corrected chi connectivity index (χ3v) is 3.20. The van der Waals surface area contributed by atoms with Crippen LogP contribution < -0.4 is 11.1 Å². The molecule has 0 bridgehead atoms. The third kappa shape index (κ3) is 5.35. The zero-order chi connectivity index (χ0) is 16.2. The topological polar surface area (TPSA) is 92.4 Å². The number of nitrogens with one attached hydrogen (secondary N) is 1. The van der Waals surface area contributed by atoms with Crippen LogP contribution in [0.3, 0.4) is 0 Å². The van der Waals surface area contributed by atoms with E-state index in [1.165, 1.54) is 24.3 Å². The zero-order valence-electron chi connectivity index (χ0n) is 11.8. The summed E-state index contributed by atoms with van der Waals surface area (Å²) in [6.45, 7) is 3.17. The summed E-state index contributed by atoms with van der Waals surface area (Å²) in [6, 6.07) is 3.52. The number of rotatable bonds is 6. The fraction of sp³-hybridized carbons (Fsp3) is 0.429. The highest BCUT2D eigenvalue weighted by atomic mass is 32.1. The smallest absolute Gasteiger partial charge is 0.327 e. The predicted octanol–water partition coefficient (Wildman–Crippen LogP) is 0.973. The molecular formula is C14H19FN2O3S. The Labute approximate surface area is 128 Å². The number of aliphatic carboxylic acids is 1. The molecule has 5 nitrogen and oxygen atoms in total. The number of nitrogens with two attached hydrogens (primary N) is 1. The van der Waals surface area contributed by atoms with E-state index in [1.54, 1.807) is 13.8 Å². The van der Waals surface area contributed by atoms with Gasteiger partial charge in [-0.05, 0) is 38.0 Å². The number of amides is 1. The lowest BCUT2D eigenvalue weighted by molar-refractivity contribution is -0.142. The van der Waals surface area contributed by atoms with Crippen molar-refractivity contribution in [2.45, 2.75) is 37.1 Å². The number of hydrogen-bond acceptors (Lipinski definition) is 4. The molecule has 0 aromatic heterocycles. The standard InChI is InChI=1S/C14H19FN2O3S/c1-14(2,21)11(13(19)20)17-12(18)10(16)7-8-3-5-9(15)6-4-8/h3-6,10-11,21H,7,16H2,1-2H3,(H,17,18)(H,19,20)/t10-,11+/m1/s1. The lowest BCUT2D eigenvalue weighted by Gasteiger charge is -2.28. The van der Waals surface area contributed by atoms with Gasteiger partial charge in [-0.1, -0.05) is 12.1 Å². The van der Waals surface area contributed by atoms with Gasteiger partial charge >= 0.3 is 5.97 Å². The van der Waals surface area contributed by atoms with Crippen LogP contribution >= 0.6 is 12.6 Å². The van der Waals surface area contributed by atoms with Gasteiger partial charge in [0.1, 0.15) is 11.9 Å². The van der Waals surface area contributed by atoms with Crippen molar-refractivity contribution in [2.75, 3.05) is 0 Å². The van der Waals surface area contributed by atoms with Gasteiger partial charge < -0.3 is 16.2 Å². The fourth-order valence-corrected chi connectivity index (χ4v) is 1.93. The molecule has 2 atom stereocenters. The van der Waals surface area contributed by atoms with E-state index in [2.05, 4.69) is 17.9 Å². The summed E-state index contributed by atoms with van der Waals surface area (Å²) in [5.74, 6) is -2.15. The maximum absolute atomic E-state index is 12.8. The number of benzene rings is 1. The molecule has 0 spiro atoms. The number of hydrogen-bond donors (Lipinski definition) is 4. The lowest BCUT2D eigenvalue weighted by atomic mass is 10.0. The van der Waals surface area contributed by atoms with Gasteiger partial charge in [0.15, 0.2) is 0 Å². The molecule has 0 aliphatic carbocycles. The van der Waals surface area contributed by atoms with E-state index in [1.807, 2.05) is 0 Å². The Morgan fingerprint density at radius 3 is 2.33 bits per heavy atom. The number of carboxylic acid groups (broad SMARTS) is 1. The van der Waals surface area contributed by atoms with Gasteiger partial charge in [-0.3, -0.25) is 4.79 Å². The van der Waals surface area contributed by atoms with Gasteiger partial charge in [-0.15, -0.1) is 0 Å². The van der Waals surface area contributed by atoms with Crippen LogP contribution in [0.4, 0.5) is 4.39 Å². The average molecular weight is 314 g/mol. The minimum Gasteiger partial charge on any atom is -0.480 e. The first-order valence-corrected chi connectivity index (χ1v) is 6.81. The number of carboxylic acids is 1. The summed E-state index contributed by atoms with van der Waals surface area (Å²) >= 11 is 4.16. The zero-order valence-corrected chi connectivity index (χ0v) is 12.7. The summed E-state index contributed by atoms with van der Waals surface area (Å²) in [6.07, 6.45) is 0.186. The second-order valence-electron chi connectivity index (χ2n) is 5.37. The SMILES string of the molecule is CC(C)(S)[C@@H](NC(=O)[C@H](N)Cc1ccc(F)cc1)C(=O)O. The van der Waals surface area contributed by atoms with E-state index < -0.39 is 28.7 Å². The number of thiol groups is 1. The summed E-state index contributed by atoms with van der Waals surface area (Å²) in [4.78, 5) is 23.1. The van der Waals surface area contributed by atoms with E-state index in [-0.39, 0.29) is 12.2 Å². The van der Waals surface area contributed by atoms with Gasteiger partial charge in [-0.2, -0.15) is 12.6 Å². The van der Waals surface area contributed by atoms with E-state index in [9.17, 15) is 14.0 Å². The number of halogens is 1. The Balaban J connectivity index is 2.69. The van der Waals surface area contributed by atoms with E-state index in [4.69, 9.17) is 10.8 Å². The first-order valence-electron chi connectivity index (χ1n) is 6.37. The quantitative estimate of drug-likeness (QED) is 0.589. The number of carbonyl (C=O) groups is 2. The molecule has 0 aliphatic rings. The molecule has 21 heavy (non-hydrogen) atoms.